The summed E-state index contributed by atoms with van der Waals surface area (Å²) in [5, 5.41) is 79.2. The zero-order valence-electron chi connectivity index (χ0n) is 19.8. The van der Waals surface area contributed by atoms with Crippen molar-refractivity contribution in [2.75, 3.05) is 0 Å². The highest BCUT2D eigenvalue weighted by molar-refractivity contribution is 5.90. The topological polar surface area (TPSA) is 254 Å². The van der Waals surface area contributed by atoms with E-state index in [0.29, 0.717) is 0 Å². The molecule has 1 saturated heterocycles. The minimum atomic E-state index is -1.98. The molecule has 0 spiro atoms. The normalized spacial score (nSPS) is 22.9. The first-order valence-electron chi connectivity index (χ1n) is 11.2. The van der Waals surface area contributed by atoms with Crippen molar-refractivity contribution in [2.24, 2.45) is 0 Å². The molecule has 39 heavy (non-hydrogen) atoms. The van der Waals surface area contributed by atoms with E-state index in [1.807, 2.05) is 0 Å². The number of rotatable bonds is 6. The Labute approximate surface area is 216 Å². The lowest BCUT2D eigenvalue weighted by atomic mass is 9.99. The summed E-state index contributed by atoms with van der Waals surface area (Å²) in [5.41, 5.74) is -1.65. The molecule has 0 radical (unpaired) electrons. The average Bonchev–Trinajstić information content (AvgIpc) is 2.83. The number of carboxylic acids is 1. The Bertz CT molecular complexity index is 1490. The third-order valence-electron chi connectivity index (χ3n) is 5.82. The van der Waals surface area contributed by atoms with Gasteiger partial charge in [-0.15, -0.1) is 0 Å². The van der Waals surface area contributed by atoms with Gasteiger partial charge in [0.05, 0.1) is 6.10 Å². The number of aliphatic hydroxyl groups excluding tert-OH is 2. The number of carbonyl (C=O) groups excluding carboxylic acids is 1. The number of benzene rings is 2. The van der Waals surface area contributed by atoms with Gasteiger partial charge < -0.3 is 59.5 Å². The molecule has 4 rings (SSSR count). The third kappa shape index (κ3) is 5.18. The Morgan fingerprint density at radius 2 is 1.59 bits per heavy atom. The predicted octanol–water partition coefficient (Wildman–Crippen LogP) is 0.220. The number of esters is 1. The zero-order chi connectivity index (χ0) is 28.8. The Kier molecular flexibility index (Phi) is 7.14. The fraction of sp³-hybridized carbons (Fsp3) is 0.292. The maximum atomic E-state index is 13.4. The van der Waals surface area contributed by atoms with Gasteiger partial charge in [0.15, 0.2) is 29.1 Å². The van der Waals surface area contributed by atoms with Gasteiger partial charge in [0, 0.05) is 17.7 Å². The summed E-state index contributed by atoms with van der Waals surface area (Å²) in [6.45, 7) is 1.30. The number of phenols is 5. The molecule has 8 N–H and O–H groups in total. The lowest BCUT2D eigenvalue weighted by molar-refractivity contribution is -0.272. The first-order valence-corrected chi connectivity index (χ1v) is 11.2. The predicted molar refractivity (Wildman–Crippen MR) is 125 cm³/mol. The molecular formula is C24H22O15. The van der Waals surface area contributed by atoms with E-state index in [9.17, 15) is 50.1 Å². The summed E-state index contributed by atoms with van der Waals surface area (Å²) in [6, 6.07) is 3.61. The van der Waals surface area contributed by atoms with E-state index in [1.54, 1.807) is 0 Å². The van der Waals surface area contributed by atoms with Gasteiger partial charge in [0.2, 0.25) is 17.5 Å². The van der Waals surface area contributed by atoms with Gasteiger partial charge in [0.25, 0.3) is 0 Å². The number of aliphatic carboxylic acids is 1. The van der Waals surface area contributed by atoms with Crippen molar-refractivity contribution < 1.29 is 69.1 Å². The number of carboxylic acid groups (broad SMARTS) is 1. The molecule has 0 amide bonds. The van der Waals surface area contributed by atoms with Crippen molar-refractivity contribution in [3.05, 3.63) is 34.5 Å². The van der Waals surface area contributed by atoms with Crippen LogP contribution in [0.5, 0.6) is 34.5 Å². The van der Waals surface area contributed by atoms with Crippen LogP contribution in [-0.2, 0) is 19.1 Å². The van der Waals surface area contributed by atoms with Crippen LogP contribution in [0.2, 0.25) is 0 Å². The monoisotopic (exact) mass is 550 g/mol. The van der Waals surface area contributed by atoms with Gasteiger partial charge in [-0.3, -0.25) is 14.4 Å². The van der Waals surface area contributed by atoms with Gasteiger partial charge >= 0.3 is 11.9 Å². The molecule has 15 heteroatoms. The second-order valence-corrected chi connectivity index (χ2v) is 8.62. The highest BCUT2D eigenvalue weighted by Crippen LogP contribution is 2.43. The number of aromatic hydroxyl groups is 5. The number of ether oxygens (including phenoxy) is 3. The summed E-state index contributed by atoms with van der Waals surface area (Å²) < 4.78 is 21.6. The van der Waals surface area contributed by atoms with Gasteiger partial charge in [-0.25, -0.2) is 0 Å². The van der Waals surface area contributed by atoms with Crippen LogP contribution in [0.1, 0.15) is 13.3 Å². The first kappa shape index (κ1) is 27.3. The molecule has 3 aromatic rings. The van der Waals surface area contributed by atoms with Crippen LogP contribution in [0, 0.1) is 0 Å². The van der Waals surface area contributed by atoms with Crippen LogP contribution in [-0.4, -0.2) is 83.5 Å². The van der Waals surface area contributed by atoms with Crippen molar-refractivity contribution in [2.45, 2.75) is 44.1 Å². The smallest absolute Gasteiger partial charge is 0.317 e. The second kappa shape index (κ2) is 10.2. The van der Waals surface area contributed by atoms with E-state index in [0.717, 1.165) is 24.3 Å². The SMILES string of the molecule is C[C@H]1O[C@H](Oc2c(-c3cc(O)c(O)c(O)c3)oc3cc(O)cc(O)c3c2=O)[C@@H](O)[C@@H](O)[C@@H]1OC(=O)CC(=O)O. The molecule has 0 aliphatic carbocycles. The minimum Gasteiger partial charge on any atom is -0.508 e. The van der Waals surface area contributed by atoms with Crippen molar-refractivity contribution in [1.82, 2.24) is 0 Å². The molecule has 0 unspecified atom stereocenters. The Balaban J connectivity index is 1.78. The van der Waals surface area contributed by atoms with Crippen molar-refractivity contribution in [3.8, 4) is 45.8 Å². The maximum Gasteiger partial charge on any atom is 0.317 e. The Hall–Kier alpha value is -4.73. The molecule has 1 aromatic heterocycles. The highest BCUT2D eigenvalue weighted by atomic mass is 16.7. The van der Waals surface area contributed by atoms with Crippen LogP contribution in [0.15, 0.2) is 33.5 Å². The molecular weight excluding hydrogens is 528 g/mol. The average molecular weight is 550 g/mol. The number of phenolic OH excluding ortho intramolecular Hbond substituents is 5. The standard InChI is InChI=1S/C24H22O15/c1-7-21(38-15(31)6-14(29)30)19(34)20(35)24(36-7)39-23-18(33)16-10(26)4-9(25)5-13(16)37-22(23)8-2-11(27)17(32)12(28)3-8/h2-5,7,19-21,24-28,32,34-35H,6H2,1H3,(H,29,30)/t7-,19-,20+,21-,24-/m1/s1. The van der Waals surface area contributed by atoms with Crippen molar-refractivity contribution >= 4 is 22.9 Å². The van der Waals surface area contributed by atoms with Crippen LogP contribution >= 0.6 is 0 Å². The molecule has 5 atom stereocenters. The van der Waals surface area contributed by atoms with E-state index in [4.69, 9.17) is 23.7 Å². The molecule has 15 nitrogen and oxygen atoms in total. The number of carbonyl (C=O) groups is 2. The first-order chi connectivity index (χ1) is 18.3. The summed E-state index contributed by atoms with van der Waals surface area (Å²) in [5.74, 6) is -7.68. The van der Waals surface area contributed by atoms with Gasteiger partial charge in [-0.1, -0.05) is 0 Å². The molecule has 0 saturated carbocycles. The van der Waals surface area contributed by atoms with E-state index in [2.05, 4.69) is 0 Å². The van der Waals surface area contributed by atoms with Crippen LogP contribution in [0.3, 0.4) is 0 Å². The molecule has 2 aromatic carbocycles. The zero-order valence-corrected chi connectivity index (χ0v) is 19.8. The van der Waals surface area contributed by atoms with E-state index in [-0.39, 0.29) is 11.1 Å². The van der Waals surface area contributed by atoms with E-state index >= 15 is 0 Å². The number of hydrogen-bond donors (Lipinski definition) is 8. The van der Waals surface area contributed by atoms with Crippen LogP contribution in [0.25, 0.3) is 22.3 Å². The summed E-state index contributed by atoms with van der Waals surface area (Å²) in [7, 11) is 0. The maximum absolute atomic E-state index is 13.4. The molecule has 0 bridgehead atoms. The second-order valence-electron chi connectivity index (χ2n) is 8.62. The fourth-order valence-electron chi connectivity index (χ4n) is 4.00. The van der Waals surface area contributed by atoms with Crippen molar-refractivity contribution in [1.29, 1.82) is 0 Å². The van der Waals surface area contributed by atoms with E-state index < -0.39 is 100 Å². The Morgan fingerprint density at radius 3 is 2.21 bits per heavy atom. The minimum absolute atomic E-state index is 0.237. The molecule has 1 aliphatic rings. The molecule has 1 fully saturated rings. The van der Waals surface area contributed by atoms with Crippen LogP contribution in [0.4, 0.5) is 0 Å². The van der Waals surface area contributed by atoms with Gasteiger partial charge in [-0.2, -0.15) is 0 Å². The highest BCUT2D eigenvalue weighted by Gasteiger charge is 2.47. The molecule has 208 valence electrons. The number of fused-ring (bicyclic) bond motifs is 1. The summed E-state index contributed by atoms with van der Waals surface area (Å²) >= 11 is 0. The Morgan fingerprint density at radius 1 is 0.949 bits per heavy atom. The summed E-state index contributed by atoms with van der Waals surface area (Å²) in [4.78, 5) is 35.9. The quantitative estimate of drug-likeness (QED) is 0.116. The molecule has 2 heterocycles. The number of hydrogen-bond acceptors (Lipinski definition) is 14. The van der Waals surface area contributed by atoms with E-state index in [1.165, 1.54) is 6.92 Å². The lowest BCUT2D eigenvalue weighted by Crippen LogP contribution is -2.59. The third-order valence-corrected chi connectivity index (χ3v) is 5.82. The van der Waals surface area contributed by atoms with Gasteiger partial charge in [-0.05, 0) is 19.1 Å². The largest absolute Gasteiger partial charge is 0.508 e. The molecule has 1 aliphatic heterocycles. The summed E-state index contributed by atoms with van der Waals surface area (Å²) in [6.07, 6.45) is -9.42. The fourth-order valence-corrected chi connectivity index (χ4v) is 4.00. The number of aliphatic hydroxyl groups is 2. The van der Waals surface area contributed by atoms with Crippen LogP contribution < -0.4 is 10.2 Å². The van der Waals surface area contributed by atoms with Crippen molar-refractivity contribution in [3.63, 3.8) is 0 Å². The van der Waals surface area contributed by atoms with Gasteiger partial charge in [0.1, 0.15) is 41.1 Å². The lowest BCUT2D eigenvalue weighted by Gasteiger charge is -2.40.